The Kier molecular flexibility index (Phi) is 4.21. The first-order valence-electron chi connectivity index (χ1n) is 8.30. The Morgan fingerprint density at radius 3 is 3.00 bits per heavy atom. The summed E-state index contributed by atoms with van der Waals surface area (Å²) in [4.78, 5) is 20.1. The number of rotatable bonds is 3. The van der Waals surface area contributed by atoms with Gasteiger partial charge in [0.1, 0.15) is 5.01 Å². The maximum atomic E-state index is 12.4. The second-order valence-electron chi connectivity index (χ2n) is 6.54. The number of carbonyl (C=O) groups excluding carboxylic acids is 1. The maximum Gasteiger partial charge on any atom is 0.246 e. The van der Waals surface area contributed by atoms with Gasteiger partial charge in [-0.05, 0) is 25.7 Å². The SMILES string of the molecule is Cc1nnc(N2C[C@H]3[C@H](CC(=O)N4CCCCO4)CO[C@H]3C2)s1. The molecule has 1 amide bonds. The van der Waals surface area contributed by atoms with E-state index < -0.39 is 0 Å². The van der Waals surface area contributed by atoms with Crippen molar-refractivity contribution in [3.8, 4) is 0 Å². The number of aromatic nitrogens is 2. The molecule has 4 heterocycles. The van der Waals surface area contributed by atoms with Crippen LogP contribution in [-0.2, 0) is 14.4 Å². The molecular formula is C15H22N4O3S. The van der Waals surface area contributed by atoms with Gasteiger partial charge in [0.2, 0.25) is 11.0 Å². The fourth-order valence-electron chi connectivity index (χ4n) is 3.70. The van der Waals surface area contributed by atoms with E-state index in [1.807, 2.05) is 6.92 Å². The quantitative estimate of drug-likeness (QED) is 0.826. The molecule has 4 rings (SSSR count). The van der Waals surface area contributed by atoms with Crippen LogP contribution >= 0.6 is 11.3 Å². The minimum absolute atomic E-state index is 0.101. The van der Waals surface area contributed by atoms with Gasteiger partial charge in [-0.15, -0.1) is 10.2 Å². The third-order valence-corrected chi connectivity index (χ3v) is 5.84. The topological polar surface area (TPSA) is 67.8 Å². The lowest BCUT2D eigenvalue weighted by molar-refractivity contribution is -0.198. The molecule has 1 aromatic heterocycles. The Morgan fingerprint density at radius 2 is 2.26 bits per heavy atom. The Hall–Kier alpha value is -1.25. The molecule has 0 aromatic carbocycles. The first kappa shape index (κ1) is 15.3. The number of hydrogen-bond donors (Lipinski definition) is 0. The highest BCUT2D eigenvalue weighted by Crippen LogP contribution is 2.38. The van der Waals surface area contributed by atoms with Crippen molar-refractivity contribution in [3.05, 3.63) is 5.01 Å². The molecule has 0 N–H and O–H groups in total. The van der Waals surface area contributed by atoms with E-state index in [-0.39, 0.29) is 17.9 Å². The normalized spacial score (nSPS) is 30.7. The summed E-state index contributed by atoms with van der Waals surface area (Å²) >= 11 is 1.61. The lowest BCUT2D eigenvalue weighted by Gasteiger charge is -2.27. The Bertz CT molecular complexity index is 575. The van der Waals surface area contributed by atoms with Gasteiger partial charge in [0.25, 0.3) is 0 Å². The van der Waals surface area contributed by atoms with E-state index in [1.165, 1.54) is 0 Å². The van der Waals surface area contributed by atoms with Crippen LogP contribution in [0.25, 0.3) is 0 Å². The van der Waals surface area contributed by atoms with E-state index in [9.17, 15) is 4.79 Å². The molecule has 0 saturated carbocycles. The molecule has 8 heteroatoms. The molecule has 3 aliphatic rings. The van der Waals surface area contributed by atoms with E-state index in [2.05, 4.69) is 15.1 Å². The molecule has 1 aromatic rings. The van der Waals surface area contributed by atoms with Crippen molar-refractivity contribution in [3.63, 3.8) is 0 Å². The monoisotopic (exact) mass is 338 g/mol. The van der Waals surface area contributed by atoms with Crippen LogP contribution in [0.15, 0.2) is 0 Å². The van der Waals surface area contributed by atoms with Crippen molar-refractivity contribution in [2.45, 2.75) is 32.3 Å². The van der Waals surface area contributed by atoms with Gasteiger partial charge in [0, 0.05) is 32.0 Å². The minimum atomic E-state index is 0.101. The van der Waals surface area contributed by atoms with Gasteiger partial charge in [-0.2, -0.15) is 0 Å². The number of carbonyl (C=O) groups is 1. The number of hydrogen-bond acceptors (Lipinski definition) is 7. The highest BCUT2D eigenvalue weighted by Gasteiger charge is 2.45. The molecule has 126 valence electrons. The maximum absolute atomic E-state index is 12.4. The van der Waals surface area contributed by atoms with Crippen molar-refractivity contribution in [2.75, 3.05) is 37.7 Å². The summed E-state index contributed by atoms with van der Waals surface area (Å²) in [5.74, 6) is 0.772. The highest BCUT2D eigenvalue weighted by atomic mass is 32.1. The van der Waals surface area contributed by atoms with Gasteiger partial charge in [-0.1, -0.05) is 11.3 Å². The zero-order valence-electron chi connectivity index (χ0n) is 13.3. The Labute approximate surface area is 139 Å². The Balaban J connectivity index is 1.37. The average Bonchev–Trinajstić information content (AvgIpc) is 3.25. The molecule has 3 aliphatic heterocycles. The minimum Gasteiger partial charge on any atom is -0.376 e. The standard InChI is InChI=1S/C15H22N4O3S/c1-10-16-17-15(23-10)18-7-12-11(9-21-13(12)8-18)6-14(20)19-4-2-3-5-22-19/h11-13H,2-9H2,1H3/t11-,12+,13+/m1/s1. The second kappa shape index (κ2) is 6.33. The lowest BCUT2D eigenvalue weighted by Crippen LogP contribution is -2.37. The predicted octanol–water partition coefficient (Wildman–Crippen LogP) is 1.24. The summed E-state index contributed by atoms with van der Waals surface area (Å²) in [6.07, 6.45) is 2.80. The third kappa shape index (κ3) is 3.07. The molecule has 0 unspecified atom stereocenters. The predicted molar refractivity (Wildman–Crippen MR) is 85.1 cm³/mol. The number of nitrogens with zero attached hydrogens (tertiary/aromatic N) is 4. The van der Waals surface area contributed by atoms with Crippen molar-refractivity contribution in [1.82, 2.24) is 15.3 Å². The van der Waals surface area contributed by atoms with Gasteiger partial charge < -0.3 is 9.64 Å². The Morgan fingerprint density at radius 1 is 1.35 bits per heavy atom. The van der Waals surface area contributed by atoms with E-state index in [4.69, 9.17) is 9.57 Å². The average molecular weight is 338 g/mol. The summed E-state index contributed by atoms with van der Waals surface area (Å²) in [5, 5.41) is 11.8. The largest absolute Gasteiger partial charge is 0.376 e. The first-order valence-corrected chi connectivity index (χ1v) is 9.12. The van der Waals surface area contributed by atoms with Gasteiger partial charge in [-0.25, -0.2) is 5.06 Å². The smallest absolute Gasteiger partial charge is 0.246 e. The van der Waals surface area contributed by atoms with Crippen molar-refractivity contribution in [1.29, 1.82) is 0 Å². The molecule has 3 atom stereocenters. The van der Waals surface area contributed by atoms with E-state index >= 15 is 0 Å². The molecule has 0 radical (unpaired) electrons. The third-order valence-electron chi connectivity index (χ3n) is 4.94. The fraction of sp³-hybridized carbons (Fsp3) is 0.800. The molecule has 3 fully saturated rings. The number of aryl methyl sites for hydroxylation is 1. The van der Waals surface area contributed by atoms with E-state index in [0.717, 1.165) is 42.6 Å². The summed E-state index contributed by atoms with van der Waals surface area (Å²) in [6, 6.07) is 0. The molecule has 3 saturated heterocycles. The molecule has 0 bridgehead atoms. The molecule has 0 aliphatic carbocycles. The molecule has 0 spiro atoms. The van der Waals surface area contributed by atoms with Gasteiger partial charge in [0.05, 0.1) is 19.3 Å². The van der Waals surface area contributed by atoms with Crippen LogP contribution < -0.4 is 4.90 Å². The van der Waals surface area contributed by atoms with Gasteiger partial charge in [-0.3, -0.25) is 9.63 Å². The van der Waals surface area contributed by atoms with Crippen LogP contribution in [0.4, 0.5) is 5.13 Å². The number of amides is 1. The van der Waals surface area contributed by atoms with Crippen LogP contribution in [0.3, 0.4) is 0 Å². The number of fused-ring (bicyclic) bond motifs is 1. The summed E-state index contributed by atoms with van der Waals surface area (Å²) < 4.78 is 5.94. The molecular weight excluding hydrogens is 316 g/mol. The summed E-state index contributed by atoms with van der Waals surface area (Å²) in [5.41, 5.74) is 0. The lowest BCUT2D eigenvalue weighted by atomic mass is 9.90. The van der Waals surface area contributed by atoms with Crippen molar-refractivity contribution < 1.29 is 14.4 Å². The summed E-state index contributed by atoms with van der Waals surface area (Å²) in [7, 11) is 0. The van der Waals surface area contributed by atoms with E-state index in [0.29, 0.717) is 25.6 Å². The van der Waals surface area contributed by atoms with Crippen LogP contribution in [0, 0.1) is 18.8 Å². The zero-order valence-corrected chi connectivity index (χ0v) is 14.1. The molecule has 23 heavy (non-hydrogen) atoms. The van der Waals surface area contributed by atoms with E-state index in [1.54, 1.807) is 16.4 Å². The number of hydroxylamine groups is 2. The van der Waals surface area contributed by atoms with Crippen LogP contribution in [0.5, 0.6) is 0 Å². The fourth-order valence-corrected chi connectivity index (χ4v) is 4.40. The van der Waals surface area contributed by atoms with Crippen molar-refractivity contribution in [2.24, 2.45) is 11.8 Å². The van der Waals surface area contributed by atoms with Crippen LogP contribution in [0.1, 0.15) is 24.3 Å². The van der Waals surface area contributed by atoms with Crippen LogP contribution in [0.2, 0.25) is 0 Å². The second-order valence-corrected chi connectivity index (χ2v) is 7.70. The highest BCUT2D eigenvalue weighted by molar-refractivity contribution is 7.15. The first-order chi connectivity index (χ1) is 11.2. The van der Waals surface area contributed by atoms with Gasteiger partial charge >= 0.3 is 0 Å². The number of ether oxygens (including phenoxy) is 1. The summed E-state index contributed by atoms with van der Waals surface area (Å²) in [6.45, 7) is 5.77. The zero-order chi connectivity index (χ0) is 15.8. The molecule has 7 nitrogen and oxygen atoms in total. The van der Waals surface area contributed by atoms with Crippen molar-refractivity contribution >= 4 is 22.4 Å². The van der Waals surface area contributed by atoms with Gasteiger partial charge in [0.15, 0.2) is 0 Å². The number of anilines is 1. The van der Waals surface area contributed by atoms with Crippen LogP contribution in [-0.4, -0.2) is 60.1 Å².